The lowest BCUT2D eigenvalue weighted by atomic mass is 9.76. The van der Waals surface area contributed by atoms with E-state index in [1.165, 1.54) is 38.2 Å². The highest BCUT2D eigenvalue weighted by molar-refractivity contribution is 7.89. The first-order chi connectivity index (χ1) is 9.30. The van der Waals surface area contributed by atoms with E-state index < -0.39 is 10.0 Å². The van der Waals surface area contributed by atoms with Gasteiger partial charge in [0.25, 0.3) is 0 Å². The number of rotatable bonds is 4. The van der Waals surface area contributed by atoms with Crippen molar-refractivity contribution in [3.63, 3.8) is 0 Å². The summed E-state index contributed by atoms with van der Waals surface area (Å²) in [6, 6.07) is 4.77. The lowest BCUT2D eigenvalue weighted by Gasteiger charge is -2.34. The van der Waals surface area contributed by atoms with E-state index in [0.29, 0.717) is 11.4 Å². The summed E-state index contributed by atoms with van der Waals surface area (Å²) >= 11 is 0. The summed E-state index contributed by atoms with van der Waals surface area (Å²) in [5, 5.41) is 8.49. The minimum absolute atomic E-state index is 0.0666. The van der Waals surface area contributed by atoms with Gasteiger partial charge in [0.05, 0.1) is 5.69 Å². The number of nitrogen functional groups attached to an aromatic ring is 1. The Morgan fingerprint density at radius 1 is 1.25 bits per heavy atom. The van der Waals surface area contributed by atoms with Crippen LogP contribution in [0.25, 0.3) is 0 Å². The third kappa shape index (κ3) is 3.64. The van der Waals surface area contributed by atoms with Crippen molar-refractivity contribution in [3.8, 4) is 0 Å². The van der Waals surface area contributed by atoms with E-state index in [1.54, 1.807) is 12.1 Å². The summed E-state index contributed by atoms with van der Waals surface area (Å²) in [5.41, 5.74) is 6.79. The van der Waals surface area contributed by atoms with Crippen molar-refractivity contribution in [2.45, 2.75) is 43.9 Å². The van der Waals surface area contributed by atoms with Crippen molar-refractivity contribution < 1.29 is 8.42 Å². The van der Waals surface area contributed by atoms with Crippen molar-refractivity contribution in [3.05, 3.63) is 18.2 Å². The quantitative estimate of drug-likeness (QED) is 0.743. The molecule has 0 atom stereocenters. The number of nitrogens with two attached hydrogens (primary N) is 2. The van der Waals surface area contributed by atoms with Crippen molar-refractivity contribution in [1.82, 2.24) is 0 Å². The Balaban J connectivity index is 2.17. The van der Waals surface area contributed by atoms with E-state index in [9.17, 15) is 8.42 Å². The molecule has 1 saturated carbocycles. The van der Waals surface area contributed by atoms with Gasteiger partial charge in [-0.25, -0.2) is 13.6 Å². The van der Waals surface area contributed by atoms with Gasteiger partial charge in [-0.1, -0.05) is 26.2 Å². The van der Waals surface area contributed by atoms with Crippen LogP contribution in [0, 0.1) is 5.41 Å². The van der Waals surface area contributed by atoms with Crippen LogP contribution in [0.3, 0.4) is 0 Å². The highest BCUT2D eigenvalue weighted by atomic mass is 32.2. The molecule has 0 unspecified atom stereocenters. The van der Waals surface area contributed by atoms with Crippen molar-refractivity contribution >= 4 is 21.4 Å². The molecule has 112 valence electrons. The highest BCUT2D eigenvalue weighted by Gasteiger charge is 2.27. The SMILES string of the molecule is CC1(CNc2ccc(N)cc2S(N)(=O)=O)CCCCC1. The molecule has 0 spiro atoms. The second kappa shape index (κ2) is 5.61. The molecule has 0 bridgehead atoms. The molecule has 5 nitrogen and oxygen atoms in total. The third-order valence-corrected chi connectivity index (χ3v) is 5.03. The Bertz CT molecular complexity index is 578. The second-order valence-electron chi connectivity index (χ2n) is 6.03. The Hall–Kier alpha value is -1.27. The van der Waals surface area contributed by atoms with Crippen LogP contribution in [0.2, 0.25) is 0 Å². The molecule has 0 radical (unpaired) electrons. The fraction of sp³-hybridized carbons (Fsp3) is 0.571. The van der Waals surface area contributed by atoms with Crippen LogP contribution in [-0.2, 0) is 10.0 Å². The van der Waals surface area contributed by atoms with Crippen LogP contribution in [0.1, 0.15) is 39.0 Å². The minimum Gasteiger partial charge on any atom is -0.399 e. The van der Waals surface area contributed by atoms with Gasteiger partial charge in [-0.2, -0.15) is 0 Å². The molecule has 1 aromatic carbocycles. The summed E-state index contributed by atoms with van der Waals surface area (Å²) in [5.74, 6) is 0. The van der Waals surface area contributed by atoms with Gasteiger partial charge in [0.2, 0.25) is 10.0 Å². The first-order valence-electron chi connectivity index (χ1n) is 6.96. The molecule has 1 aliphatic carbocycles. The number of anilines is 2. The Morgan fingerprint density at radius 2 is 1.90 bits per heavy atom. The van der Waals surface area contributed by atoms with Crippen LogP contribution < -0.4 is 16.2 Å². The number of hydrogen-bond acceptors (Lipinski definition) is 4. The normalized spacial score (nSPS) is 18.7. The number of benzene rings is 1. The zero-order chi connectivity index (χ0) is 14.8. The molecule has 1 fully saturated rings. The molecule has 2 rings (SSSR count). The third-order valence-electron chi connectivity index (χ3n) is 4.08. The van der Waals surface area contributed by atoms with E-state index in [4.69, 9.17) is 10.9 Å². The molecule has 6 heteroatoms. The van der Waals surface area contributed by atoms with E-state index in [0.717, 1.165) is 6.54 Å². The van der Waals surface area contributed by atoms with Gasteiger partial charge >= 0.3 is 0 Å². The molecule has 0 heterocycles. The Kier molecular flexibility index (Phi) is 4.25. The van der Waals surface area contributed by atoms with E-state index in [-0.39, 0.29) is 10.3 Å². The molecule has 1 aromatic rings. The largest absolute Gasteiger partial charge is 0.399 e. The van der Waals surface area contributed by atoms with Crippen LogP contribution in [0.15, 0.2) is 23.1 Å². The minimum atomic E-state index is -3.77. The average molecular weight is 297 g/mol. The molecule has 20 heavy (non-hydrogen) atoms. The topological polar surface area (TPSA) is 98.2 Å². The predicted octanol–water partition coefficient (Wildman–Crippen LogP) is 2.30. The number of primary sulfonamides is 1. The van der Waals surface area contributed by atoms with Crippen LogP contribution in [0.5, 0.6) is 0 Å². The lowest BCUT2D eigenvalue weighted by molar-refractivity contribution is 0.233. The highest BCUT2D eigenvalue weighted by Crippen LogP contribution is 2.36. The molecular formula is C14H23N3O2S. The zero-order valence-corrected chi connectivity index (χ0v) is 12.7. The molecule has 0 amide bonds. The van der Waals surface area contributed by atoms with Gasteiger partial charge in [0.15, 0.2) is 0 Å². The second-order valence-corrected chi connectivity index (χ2v) is 7.56. The zero-order valence-electron chi connectivity index (χ0n) is 11.9. The number of sulfonamides is 1. The number of hydrogen-bond donors (Lipinski definition) is 3. The summed E-state index contributed by atoms with van der Waals surface area (Å²) in [4.78, 5) is 0.0666. The first kappa shape index (κ1) is 15.1. The van der Waals surface area contributed by atoms with E-state index >= 15 is 0 Å². The van der Waals surface area contributed by atoms with Crippen LogP contribution >= 0.6 is 0 Å². The molecule has 0 saturated heterocycles. The van der Waals surface area contributed by atoms with Gasteiger partial charge in [0, 0.05) is 12.2 Å². The van der Waals surface area contributed by atoms with E-state index in [1.807, 2.05) is 0 Å². The standard InChI is InChI=1S/C14H23N3O2S/c1-14(7-3-2-4-8-14)10-17-12-6-5-11(15)9-13(12)20(16,18)19/h5-6,9,17H,2-4,7-8,10,15H2,1H3,(H2,16,18,19). The fourth-order valence-corrected chi connectivity index (χ4v) is 3.56. The van der Waals surface area contributed by atoms with Gasteiger partial charge in [-0.05, 0) is 36.5 Å². The van der Waals surface area contributed by atoms with Gasteiger partial charge in [-0.15, -0.1) is 0 Å². The fourth-order valence-electron chi connectivity index (χ4n) is 2.81. The molecular weight excluding hydrogens is 274 g/mol. The monoisotopic (exact) mass is 297 g/mol. The molecule has 0 aliphatic heterocycles. The average Bonchev–Trinajstić information content (AvgIpc) is 2.37. The lowest BCUT2D eigenvalue weighted by Crippen LogP contribution is -2.29. The van der Waals surface area contributed by atoms with Crippen molar-refractivity contribution in [1.29, 1.82) is 0 Å². The van der Waals surface area contributed by atoms with Gasteiger partial charge < -0.3 is 11.1 Å². The maximum atomic E-state index is 11.6. The Morgan fingerprint density at radius 3 is 2.50 bits per heavy atom. The summed E-state index contributed by atoms with van der Waals surface area (Å²) in [6.45, 7) is 2.99. The van der Waals surface area contributed by atoms with Crippen molar-refractivity contribution in [2.24, 2.45) is 10.6 Å². The first-order valence-corrected chi connectivity index (χ1v) is 8.51. The predicted molar refractivity (Wildman–Crippen MR) is 81.9 cm³/mol. The summed E-state index contributed by atoms with van der Waals surface area (Å²) in [6.07, 6.45) is 6.10. The molecule has 5 N–H and O–H groups in total. The maximum absolute atomic E-state index is 11.6. The van der Waals surface area contributed by atoms with Gasteiger partial charge in [0.1, 0.15) is 4.90 Å². The molecule has 0 aromatic heterocycles. The summed E-state index contributed by atoms with van der Waals surface area (Å²) < 4.78 is 23.2. The van der Waals surface area contributed by atoms with Crippen LogP contribution in [-0.4, -0.2) is 15.0 Å². The van der Waals surface area contributed by atoms with Crippen molar-refractivity contribution in [2.75, 3.05) is 17.6 Å². The van der Waals surface area contributed by atoms with Crippen LogP contribution in [0.4, 0.5) is 11.4 Å². The summed E-state index contributed by atoms with van der Waals surface area (Å²) in [7, 11) is -3.77. The Labute approximate surface area is 120 Å². The maximum Gasteiger partial charge on any atom is 0.240 e. The molecule has 1 aliphatic rings. The number of nitrogens with one attached hydrogen (secondary N) is 1. The van der Waals surface area contributed by atoms with Gasteiger partial charge in [-0.3, -0.25) is 0 Å². The smallest absolute Gasteiger partial charge is 0.240 e. The van der Waals surface area contributed by atoms with E-state index in [2.05, 4.69) is 12.2 Å².